The van der Waals surface area contributed by atoms with E-state index < -0.39 is 12.1 Å². The lowest BCUT2D eigenvalue weighted by Gasteiger charge is -2.19. The fourth-order valence-electron chi connectivity index (χ4n) is 2.47. The summed E-state index contributed by atoms with van der Waals surface area (Å²) in [5.41, 5.74) is 1.61. The number of amides is 1. The van der Waals surface area contributed by atoms with E-state index in [-0.39, 0.29) is 12.5 Å². The van der Waals surface area contributed by atoms with E-state index in [0.29, 0.717) is 17.1 Å². The van der Waals surface area contributed by atoms with E-state index in [1.807, 2.05) is 30.3 Å². The predicted molar refractivity (Wildman–Crippen MR) is 103 cm³/mol. The molecule has 0 saturated carbocycles. The summed E-state index contributed by atoms with van der Waals surface area (Å²) < 4.78 is 15.8. The van der Waals surface area contributed by atoms with E-state index in [9.17, 15) is 9.59 Å². The standard InChI is InChI=1S/C21H23NO5/c1-15(23)27-20(17-10-11-18(25-2)19(13-17)26-3)14-22-21(24)12-9-16-7-5-4-6-8-16/h4-13,20H,14H2,1-3H3,(H,22,24)/b12-9+/t20-/m0/s1. The zero-order valence-corrected chi connectivity index (χ0v) is 15.6. The Morgan fingerprint density at radius 2 is 1.74 bits per heavy atom. The third-order valence-electron chi connectivity index (χ3n) is 3.78. The highest BCUT2D eigenvalue weighted by Gasteiger charge is 2.18. The highest BCUT2D eigenvalue weighted by atomic mass is 16.5. The highest BCUT2D eigenvalue weighted by molar-refractivity contribution is 5.91. The molecule has 1 atom stereocenters. The first kappa shape index (κ1) is 20.0. The number of hydrogen-bond donors (Lipinski definition) is 1. The van der Waals surface area contributed by atoms with Crippen LogP contribution in [-0.4, -0.2) is 32.6 Å². The van der Waals surface area contributed by atoms with Crippen molar-refractivity contribution < 1.29 is 23.8 Å². The molecule has 2 rings (SSSR count). The summed E-state index contributed by atoms with van der Waals surface area (Å²) >= 11 is 0. The maximum atomic E-state index is 12.1. The summed E-state index contributed by atoms with van der Waals surface area (Å²) in [6.45, 7) is 1.46. The van der Waals surface area contributed by atoms with Gasteiger partial charge in [-0.25, -0.2) is 0 Å². The molecule has 1 N–H and O–H groups in total. The number of benzene rings is 2. The van der Waals surface area contributed by atoms with Crippen LogP contribution >= 0.6 is 0 Å². The Morgan fingerprint density at radius 1 is 1.04 bits per heavy atom. The number of ether oxygens (including phenoxy) is 3. The molecule has 0 aliphatic rings. The monoisotopic (exact) mass is 369 g/mol. The Bertz CT molecular complexity index is 801. The molecule has 0 aliphatic carbocycles. The van der Waals surface area contributed by atoms with Crippen molar-refractivity contribution in [1.82, 2.24) is 5.32 Å². The van der Waals surface area contributed by atoms with Crippen molar-refractivity contribution in [2.45, 2.75) is 13.0 Å². The van der Waals surface area contributed by atoms with E-state index in [1.54, 1.807) is 31.4 Å². The summed E-state index contributed by atoms with van der Waals surface area (Å²) in [6.07, 6.45) is 2.51. The Labute approximate surface area is 158 Å². The minimum Gasteiger partial charge on any atom is -0.493 e. The second-order valence-corrected chi connectivity index (χ2v) is 5.70. The molecule has 0 heterocycles. The van der Waals surface area contributed by atoms with Crippen LogP contribution in [0.1, 0.15) is 24.2 Å². The zero-order valence-electron chi connectivity index (χ0n) is 15.6. The number of methoxy groups -OCH3 is 2. The molecule has 1 amide bonds. The van der Waals surface area contributed by atoms with Crippen LogP contribution in [0.15, 0.2) is 54.6 Å². The van der Waals surface area contributed by atoms with Gasteiger partial charge in [0.2, 0.25) is 5.91 Å². The maximum Gasteiger partial charge on any atom is 0.303 e. The SMILES string of the molecule is COc1ccc([C@H](CNC(=O)/C=C/c2ccccc2)OC(C)=O)cc1OC. The minimum absolute atomic E-state index is 0.132. The van der Waals surface area contributed by atoms with Crippen LogP contribution in [0.5, 0.6) is 11.5 Å². The van der Waals surface area contributed by atoms with Gasteiger partial charge in [-0.1, -0.05) is 36.4 Å². The van der Waals surface area contributed by atoms with Crippen LogP contribution in [-0.2, 0) is 14.3 Å². The Kier molecular flexibility index (Phi) is 7.43. The van der Waals surface area contributed by atoms with Crippen molar-refractivity contribution in [2.24, 2.45) is 0 Å². The topological polar surface area (TPSA) is 73.9 Å². The largest absolute Gasteiger partial charge is 0.493 e. The summed E-state index contributed by atoms with van der Waals surface area (Å²) in [6, 6.07) is 14.7. The number of nitrogens with one attached hydrogen (secondary N) is 1. The molecule has 142 valence electrons. The molecule has 0 bridgehead atoms. The fourth-order valence-corrected chi connectivity index (χ4v) is 2.47. The predicted octanol–water partition coefficient (Wildman–Crippen LogP) is 3.14. The molecule has 6 heteroatoms. The Hall–Kier alpha value is -3.28. The molecule has 0 fully saturated rings. The molecule has 2 aromatic carbocycles. The van der Waals surface area contributed by atoms with Crippen LogP contribution < -0.4 is 14.8 Å². The van der Waals surface area contributed by atoms with Gasteiger partial charge in [0, 0.05) is 13.0 Å². The molecule has 27 heavy (non-hydrogen) atoms. The lowest BCUT2D eigenvalue weighted by atomic mass is 10.1. The molecular formula is C21H23NO5. The van der Waals surface area contributed by atoms with Crippen molar-refractivity contribution in [3.8, 4) is 11.5 Å². The number of carbonyl (C=O) groups is 2. The van der Waals surface area contributed by atoms with Crippen molar-refractivity contribution in [3.63, 3.8) is 0 Å². The molecule has 0 radical (unpaired) electrons. The van der Waals surface area contributed by atoms with Gasteiger partial charge in [0.25, 0.3) is 0 Å². The van der Waals surface area contributed by atoms with Gasteiger partial charge < -0.3 is 19.5 Å². The van der Waals surface area contributed by atoms with Crippen LogP contribution in [0.2, 0.25) is 0 Å². The first-order valence-corrected chi connectivity index (χ1v) is 8.43. The van der Waals surface area contributed by atoms with Crippen LogP contribution in [0.25, 0.3) is 6.08 Å². The average Bonchev–Trinajstić information content (AvgIpc) is 2.69. The second-order valence-electron chi connectivity index (χ2n) is 5.70. The minimum atomic E-state index is -0.642. The van der Waals surface area contributed by atoms with Gasteiger partial charge in [0.05, 0.1) is 20.8 Å². The van der Waals surface area contributed by atoms with Gasteiger partial charge in [0.15, 0.2) is 11.5 Å². The van der Waals surface area contributed by atoms with Gasteiger partial charge in [-0.3, -0.25) is 9.59 Å². The molecule has 0 aliphatic heterocycles. The average molecular weight is 369 g/mol. The molecule has 2 aromatic rings. The van der Waals surface area contributed by atoms with Gasteiger partial charge >= 0.3 is 5.97 Å². The second kappa shape index (κ2) is 10.0. The molecule has 0 saturated heterocycles. The van der Waals surface area contributed by atoms with E-state index in [2.05, 4.69) is 5.32 Å². The number of esters is 1. The third kappa shape index (κ3) is 6.18. The quantitative estimate of drug-likeness (QED) is 0.572. The molecule has 0 spiro atoms. The van der Waals surface area contributed by atoms with Crippen LogP contribution in [0, 0.1) is 0 Å². The summed E-state index contributed by atoms with van der Waals surface area (Å²) in [4.78, 5) is 23.5. The van der Waals surface area contributed by atoms with E-state index in [1.165, 1.54) is 20.1 Å². The van der Waals surface area contributed by atoms with Crippen LogP contribution in [0.3, 0.4) is 0 Å². The first-order valence-electron chi connectivity index (χ1n) is 8.43. The molecule has 0 aromatic heterocycles. The Morgan fingerprint density at radius 3 is 2.37 bits per heavy atom. The normalized spacial score (nSPS) is 11.7. The fraction of sp³-hybridized carbons (Fsp3) is 0.238. The van der Waals surface area contributed by atoms with Crippen molar-refractivity contribution in [1.29, 1.82) is 0 Å². The lowest BCUT2D eigenvalue weighted by molar-refractivity contribution is -0.147. The molecule has 0 unspecified atom stereocenters. The van der Waals surface area contributed by atoms with Gasteiger partial charge in [0.1, 0.15) is 6.10 Å². The molecular weight excluding hydrogens is 346 g/mol. The first-order chi connectivity index (χ1) is 13.0. The number of hydrogen-bond acceptors (Lipinski definition) is 5. The third-order valence-corrected chi connectivity index (χ3v) is 3.78. The van der Waals surface area contributed by atoms with Gasteiger partial charge in [-0.15, -0.1) is 0 Å². The smallest absolute Gasteiger partial charge is 0.303 e. The van der Waals surface area contributed by atoms with E-state index in [0.717, 1.165) is 5.56 Å². The van der Waals surface area contributed by atoms with Crippen molar-refractivity contribution in [2.75, 3.05) is 20.8 Å². The van der Waals surface area contributed by atoms with Crippen LogP contribution in [0.4, 0.5) is 0 Å². The van der Waals surface area contributed by atoms with E-state index >= 15 is 0 Å². The van der Waals surface area contributed by atoms with Gasteiger partial charge in [-0.2, -0.15) is 0 Å². The lowest BCUT2D eigenvalue weighted by Crippen LogP contribution is -2.28. The summed E-state index contributed by atoms with van der Waals surface area (Å²) in [7, 11) is 3.07. The van der Waals surface area contributed by atoms with Gasteiger partial charge in [-0.05, 0) is 29.3 Å². The molecule has 6 nitrogen and oxygen atoms in total. The summed E-state index contributed by atoms with van der Waals surface area (Å²) in [5.74, 6) is 0.362. The van der Waals surface area contributed by atoms with Crippen molar-refractivity contribution >= 4 is 18.0 Å². The maximum absolute atomic E-state index is 12.1. The number of rotatable bonds is 8. The van der Waals surface area contributed by atoms with E-state index in [4.69, 9.17) is 14.2 Å². The number of carbonyl (C=O) groups excluding carboxylic acids is 2. The Balaban J connectivity index is 2.07. The summed E-state index contributed by atoms with van der Waals surface area (Å²) in [5, 5.41) is 2.75. The highest BCUT2D eigenvalue weighted by Crippen LogP contribution is 2.31. The van der Waals surface area contributed by atoms with Crippen molar-refractivity contribution in [3.05, 3.63) is 65.7 Å². The zero-order chi connectivity index (χ0) is 19.6.